The van der Waals surface area contributed by atoms with Crippen LogP contribution in [0.5, 0.6) is 0 Å². The SMILES string of the molecule is Br.CCOCc1nc2c(N)nc3cc(C=CSc4ccccc4)ccc3c2n1CCCOC(C)C. The van der Waals surface area contributed by atoms with E-state index in [1.165, 1.54) is 4.90 Å². The Kier molecular flexibility index (Phi) is 10.2. The topological polar surface area (TPSA) is 75.2 Å². The van der Waals surface area contributed by atoms with E-state index in [1.807, 2.05) is 25.1 Å². The summed E-state index contributed by atoms with van der Waals surface area (Å²) in [6, 6.07) is 16.6. The van der Waals surface area contributed by atoms with Crippen LogP contribution in [0.1, 0.15) is 38.6 Å². The highest BCUT2D eigenvalue weighted by atomic mass is 79.9. The Labute approximate surface area is 221 Å². The molecule has 0 aliphatic rings. The first-order chi connectivity index (χ1) is 16.6. The molecule has 4 aromatic rings. The fourth-order valence-corrected chi connectivity index (χ4v) is 4.55. The fraction of sp³-hybridized carbons (Fsp3) is 0.333. The highest BCUT2D eigenvalue weighted by molar-refractivity contribution is 8.93. The van der Waals surface area contributed by atoms with Gasteiger partial charge in [0.2, 0.25) is 0 Å². The molecule has 0 aliphatic heterocycles. The number of aryl methyl sites for hydroxylation is 1. The minimum atomic E-state index is 0. The number of nitrogen functional groups attached to an aromatic ring is 1. The molecule has 0 atom stereocenters. The van der Waals surface area contributed by atoms with E-state index >= 15 is 0 Å². The summed E-state index contributed by atoms with van der Waals surface area (Å²) in [5.74, 6) is 1.31. The summed E-state index contributed by atoms with van der Waals surface area (Å²) in [4.78, 5) is 10.7. The number of anilines is 1. The van der Waals surface area contributed by atoms with Crippen LogP contribution in [0, 0.1) is 0 Å². The molecule has 186 valence electrons. The van der Waals surface area contributed by atoms with Gasteiger partial charge in [0.15, 0.2) is 5.82 Å². The molecule has 2 aromatic carbocycles. The second-order valence-corrected chi connectivity index (χ2v) is 9.27. The number of aromatic nitrogens is 3. The second-order valence-electron chi connectivity index (χ2n) is 8.29. The number of ether oxygens (including phenoxy) is 2. The number of pyridine rings is 1. The lowest BCUT2D eigenvalue weighted by atomic mass is 10.1. The van der Waals surface area contributed by atoms with Crippen molar-refractivity contribution in [3.05, 3.63) is 65.3 Å². The smallest absolute Gasteiger partial charge is 0.152 e. The molecular weight excluding hydrogens is 524 g/mol. The maximum Gasteiger partial charge on any atom is 0.152 e. The van der Waals surface area contributed by atoms with Crippen molar-refractivity contribution < 1.29 is 9.47 Å². The van der Waals surface area contributed by atoms with Crippen molar-refractivity contribution in [1.29, 1.82) is 0 Å². The molecule has 0 radical (unpaired) electrons. The number of thioether (sulfide) groups is 1. The van der Waals surface area contributed by atoms with Crippen molar-refractivity contribution in [2.24, 2.45) is 0 Å². The van der Waals surface area contributed by atoms with Crippen molar-refractivity contribution in [3.8, 4) is 0 Å². The molecule has 0 saturated carbocycles. The molecule has 6 nitrogen and oxygen atoms in total. The molecule has 35 heavy (non-hydrogen) atoms. The third kappa shape index (κ3) is 6.85. The number of rotatable bonds is 11. The summed E-state index contributed by atoms with van der Waals surface area (Å²) in [6.45, 7) is 8.63. The number of hydrogen-bond donors (Lipinski definition) is 1. The van der Waals surface area contributed by atoms with Gasteiger partial charge in [-0.3, -0.25) is 0 Å². The third-order valence-corrected chi connectivity index (χ3v) is 6.24. The van der Waals surface area contributed by atoms with Gasteiger partial charge in [-0.15, -0.1) is 17.0 Å². The molecule has 0 aliphatic carbocycles. The van der Waals surface area contributed by atoms with E-state index in [2.05, 4.69) is 65.2 Å². The van der Waals surface area contributed by atoms with Crippen molar-refractivity contribution >= 4 is 62.6 Å². The van der Waals surface area contributed by atoms with Crippen LogP contribution in [0.15, 0.2) is 58.8 Å². The average Bonchev–Trinajstić information content (AvgIpc) is 3.20. The second kappa shape index (κ2) is 13.1. The summed E-state index contributed by atoms with van der Waals surface area (Å²) in [7, 11) is 0. The fourth-order valence-electron chi connectivity index (χ4n) is 3.85. The first-order valence-corrected chi connectivity index (χ1v) is 12.6. The summed E-state index contributed by atoms with van der Waals surface area (Å²) in [5.41, 5.74) is 10.1. The molecule has 2 aromatic heterocycles. The van der Waals surface area contributed by atoms with Crippen LogP contribution in [0.4, 0.5) is 5.82 Å². The van der Waals surface area contributed by atoms with Gasteiger partial charge in [0, 0.05) is 30.0 Å². The van der Waals surface area contributed by atoms with Gasteiger partial charge in [0.25, 0.3) is 0 Å². The number of nitrogens with two attached hydrogens (primary N) is 1. The Bertz CT molecular complexity index is 1270. The van der Waals surface area contributed by atoms with E-state index in [0.717, 1.165) is 46.3 Å². The lowest BCUT2D eigenvalue weighted by Gasteiger charge is -2.12. The maximum absolute atomic E-state index is 6.38. The summed E-state index contributed by atoms with van der Waals surface area (Å²) < 4.78 is 13.7. The average molecular weight is 558 g/mol. The molecule has 0 bridgehead atoms. The predicted molar refractivity (Wildman–Crippen MR) is 152 cm³/mol. The van der Waals surface area contributed by atoms with E-state index in [9.17, 15) is 0 Å². The van der Waals surface area contributed by atoms with Gasteiger partial charge in [0.05, 0.1) is 17.1 Å². The van der Waals surface area contributed by atoms with E-state index in [-0.39, 0.29) is 23.1 Å². The molecule has 8 heteroatoms. The minimum absolute atomic E-state index is 0. The van der Waals surface area contributed by atoms with Crippen LogP contribution in [-0.2, 0) is 22.6 Å². The van der Waals surface area contributed by atoms with Crippen LogP contribution < -0.4 is 5.73 Å². The Hall–Kier alpha value is -2.39. The van der Waals surface area contributed by atoms with Crippen LogP contribution in [0.25, 0.3) is 28.0 Å². The lowest BCUT2D eigenvalue weighted by molar-refractivity contribution is 0.0742. The third-order valence-electron chi connectivity index (χ3n) is 5.43. The highest BCUT2D eigenvalue weighted by Gasteiger charge is 2.17. The molecule has 0 fully saturated rings. The number of nitrogens with zero attached hydrogens (tertiary/aromatic N) is 3. The normalized spacial score (nSPS) is 11.7. The summed E-state index contributed by atoms with van der Waals surface area (Å²) >= 11 is 1.69. The van der Waals surface area contributed by atoms with Gasteiger partial charge >= 0.3 is 0 Å². The van der Waals surface area contributed by atoms with Crippen molar-refractivity contribution in [2.75, 3.05) is 18.9 Å². The van der Waals surface area contributed by atoms with Gasteiger partial charge in [-0.25, -0.2) is 9.97 Å². The lowest BCUT2D eigenvalue weighted by Crippen LogP contribution is -2.10. The predicted octanol–water partition coefficient (Wildman–Crippen LogP) is 6.86. The largest absolute Gasteiger partial charge is 0.382 e. The Morgan fingerprint density at radius 1 is 1.11 bits per heavy atom. The number of imidazole rings is 1. The number of hydrogen-bond acceptors (Lipinski definition) is 6. The molecule has 0 unspecified atom stereocenters. The molecule has 2 heterocycles. The zero-order valence-electron chi connectivity index (χ0n) is 20.4. The summed E-state index contributed by atoms with van der Waals surface area (Å²) in [6.07, 6.45) is 3.19. The van der Waals surface area contributed by atoms with Crippen LogP contribution in [0.2, 0.25) is 0 Å². The molecular formula is C27H33BrN4O2S. The van der Waals surface area contributed by atoms with Gasteiger partial charge in [-0.05, 0) is 62.4 Å². The van der Waals surface area contributed by atoms with E-state index in [0.29, 0.717) is 25.6 Å². The van der Waals surface area contributed by atoms with Crippen LogP contribution in [-0.4, -0.2) is 33.9 Å². The molecule has 0 amide bonds. The number of benzene rings is 2. The first kappa shape index (κ1) is 27.2. The van der Waals surface area contributed by atoms with Gasteiger partial charge in [-0.2, -0.15) is 0 Å². The van der Waals surface area contributed by atoms with Crippen LogP contribution >= 0.6 is 28.7 Å². The standard InChI is InChI=1S/C27H32N4O2S.BrH/c1-4-32-18-24-30-25-26(31(24)14-8-15-33-19(2)3)22-12-11-20(17-23(22)29-27(25)28)13-16-34-21-9-6-5-7-10-21;/h5-7,9-13,16-17,19H,4,8,14-15,18H2,1-3H3,(H2,28,29);1H. The number of halogens is 1. The van der Waals surface area contributed by atoms with Crippen LogP contribution in [0.3, 0.4) is 0 Å². The van der Waals surface area contributed by atoms with E-state index < -0.39 is 0 Å². The van der Waals surface area contributed by atoms with Crippen molar-refractivity contribution in [2.45, 2.75) is 51.3 Å². The zero-order chi connectivity index (χ0) is 23.9. The molecule has 2 N–H and O–H groups in total. The Balaban J connectivity index is 0.00000342. The Morgan fingerprint density at radius 3 is 2.66 bits per heavy atom. The monoisotopic (exact) mass is 556 g/mol. The number of fused-ring (bicyclic) bond motifs is 3. The first-order valence-electron chi connectivity index (χ1n) is 11.7. The Morgan fingerprint density at radius 2 is 1.91 bits per heavy atom. The minimum Gasteiger partial charge on any atom is -0.382 e. The van der Waals surface area contributed by atoms with E-state index in [4.69, 9.17) is 20.2 Å². The van der Waals surface area contributed by atoms with Crippen molar-refractivity contribution in [3.63, 3.8) is 0 Å². The highest BCUT2D eigenvalue weighted by Crippen LogP contribution is 2.30. The van der Waals surface area contributed by atoms with Gasteiger partial charge < -0.3 is 19.8 Å². The van der Waals surface area contributed by atoms with Gasteiger partial charge in [0.1, 0.15) is 17.9 Å². The van der Waals surface area contributed by atoms with Gasteiger partial charge in [-0.1, -0.05) is 42.1 Å². The molecule has 4 rings (SSSR count). The van der Waals surface area contributed by atoms with Crippen molar-refractivity contribution in [1.82, 2.24) is 14.5 Å². The van der Waals surface area contributed by atoms with E-state index in [1.54, 1.807) is 11.8 Å². The zero-order valence-corrected chi connectivity index (χ0v) is 23.0. The maximum atomic E-state index is 6.38. The quantitative estimate of drug-likeness (QED) is 0.160. The molecule has 0 spiro atoms. The summed E-state index contributed by atoms with van der Waals surface area (Å²) in [5, 5.41) is 3.13. The molecule has 0 saturated heterocycles.